The second-order valence-corrected chi connectivity index (χ2v) is 6.91. The summed E-state index contributed by atoms with van der Waals surface area (Å²) in [4.78, 5) is 38.7. The smallest absolute Gasteiger partial charge is 0.418 e. The average Bonchev–Trinajstić information content (AvgIpc) is 2.96. The zero-order valence-electron chi connectivity index (χ0n) is 16.5. The average molecular weight is 398 g/mol. The zero-order valence-corrected chi connectivity index (χ0v) is 16.5. The van der Waals surface area contributed by atoms with Gasteiger partial charge in [0.15, 0.2) is 0 Å². The van der Waals surface area contributed by atoms with Crippen LogP contribution in [0.15, 0.2) is 0 Å². The van der Waals surface area contributed by atoms with Crippen molar-refractivity contribution in [1.29, 1.82) is 0 Å². The second kappa shape index (κ2) is 10.2. The van der Waals surface area contributed by atoms with Crippen LogP contribution in [0.3, 0.4) is 0 Å². The third-order valence-electron chi connectivity index (χ3n) is 4.94. The summed E-state index contributed by atoms with van der Waals surface area (Å²) in [5.74, 6) is -0.752. The van der Waals surface area contributed by atoms with Crippen LogP contribution in [0.2, 0.25) is 13.6 Å². The maximum atomic E-state index is 11.4. The molecular weight excluding hydrogens is 370 g/mol. The van der Waals surface area contributed by atoms with E-state index in [0.717, 1.165) is 6.54 Å². The number of carbonyl (C=O) groups is 3. The standard InChI is InChI=1S/C8H17BN2O3.C7H11BN2O4/c1-3-14-8(12)7-6-11(9(2)13)5-4-10-7;1-8(13)9-2-3-10-5(4-9)6(11)14-7(10)12/h7,10,13H,3-6H2,1-2H3;5,13H,2-4H2,1H3/t7-;5-/m11/s1. The van der Waals surface area contributed by atoms with E-state index in [4.69, 9.17) is 4.74 Å². The van der Waals surface area contributed by atoms with Crippen molar-refractivity contribution in [3.8, 4) is 0 Å². The molecule has 3 saturated heterocycles. The molecule has 156 valence electrons. The fourth-order valence-corrected chi connectivity index (χ4v) is 3.29. The number of nitrogens with one attached hydrogen (secondary N) is 1. The van der Waals surface area contributed by atoms with Gasteiger partial charge in [-0.1, -0.05) is 0 Å². The van der Waals surface area contributed by atoms with Crippen molar-refractivity contribution < 1.29 is 33.9 Å². The number of fused-ring (bicyclic) bond motifs is 1. The molecule has 3 fully saturated rings. The molecule has 13 heteroatoms. The van der Waals surface area contributed by atoms with E-state index in [1.165, 1.54) is 4.90 Å². The molecule has 3 aliphatic rings. The number of hydrogen-bond donors (Lipinski definition) is 3. The number of esters is 2. The summed E-state index contributed by atoms with van der Waals surface area (Å²) in [6.07, 6.45) is -0.565. The number of hydrogen-bond acceptors (Lipinski definition) is 10. The predicted octanol–water partition coefficient (Wildman–Crippen LogP) is -2.31. The molecule has 0 saturated carbocycles. The van der Waals surface area contributed by atoms with Gasteiger partial charge in [-0.15, -0.1) is 0 Å². The molecule has 0 unspecified atom stereocenters. The highest BCUT2D eigenvalue weighted by atomic mass is 16.6. The van der Waals surface area contributed by atoms with Crippen LogP contribution in [0.25, 0.3) is 0 Å². The summed E-state index contributed by atoms with van der Waals surface area (Å²) >= 11 is 0. The number of ether oxygens (including phenoxy) is 2. The highest BCUT2D eigenvalue weighted by Gasteiger charge is 2.45. The highest BCUT2D eigenvalue weighted by molar-refractivity contribution is 6.45. The summed E-state index contributed by atoms with van der Waals surface area (Å²) in [5, 5.41) is 21.7. The van der Waals surface area contributed by atoms with Crippen LogP contribution in [-0.4, -0.2) is 115 Å². The number of rotatable bonds is 4. The molecule has 3 heterocycles. The van der Waals surface area contributed by atoms with E-state index < -0.39 is 32.2 Å². The molecule has 0 aromatic rings. The Morgan fingerprint density at radius 1 is 1.18 bits per heavy atom. The summed E-state index contributed by atoms with van der Waals surface area (Å²) in [7, 11) is -1.10. The molecule has 0 aromatic heterocycles. The minimum Gasteiger partial charge on any atom is -0.465 e. The van der Waals surface area contributed by atoms with Crippen LogP contribution in [0, 0.1) is 0 Å². The number of amides is 1. The fraction of sp³-hybridized carbons (Fsp3) is 0.800. The molecule has 0 radical (unpaired) electrons. The Hall–Kier alpha value is -1.66. The third kappa shape index (κ3) is 5.67. The highest BCUT2D eigenvalue weighted by Crippen LogP contribution is 2.19. The van der Waals surface area contributed by atoms with Gasteiger partial charge >= 0.3 is 32.1 Å². The van der Waals surface area contributed by atoms with E-state index in [0.29, 0.717) is 39.3 Å². The minimum absolute atomic E-state index is 0.238. The molecule has 0 aromatic carbocycles. The van der Waals surface area contributed by atoms with E-state index in [9.17, 15) is 24.4 Å². The zero-order chi connectivity index (χ0) is 20.8. The van der Waals surface area contributed by atoms with Gasteiger partial charge in [0.2, 0.25) is 0 Å². The summed E-state index contributed by atoms with van der Waals surface area (Å²) in [5.41, 5.74) is 0. The Balaban J connectivity index is 0.000000200. The number of cyclic esters (lactones) is 2. The Bertz CT molecular complexity index is 581. The van der Waals surface area contributed by atoms with Crippen LogP contribution < -0.4 is 5.32 Å². The van der Waals surface area contributed by atoms with Crippen molar-refractivity contribution in [3.63, 3.8) is 0 Å². The lowest BCUT2D eigenvalue weighted by Gasteiger charge is -2.34. The Morgan fingerprint density at radius 2 is 1.82 bits per heavy atom. The second-order valence-electron chi connectivity index (χ2n) is 6.91. The van der Waals surface area contributed by atoms with E-state index in [1.807, 2.05) is 4.81 Å². The van der Waals surface area contributed by atoms with Gasteiger partial charge in [0.1, 0.15) is 12.1 Å². The van der Waals surface area contributed by atoms with Crippen LogP contribution >= 0.6 is 0 Å². The quantitative estimate of drug-likeness (QED) is 0.270. The first-order valence-electron chi connectivity index (χ1n) is 9.51. The fourth-order valence-electron chi connectivity index (χ4n) is 3.29. The first-order valence-corrected chi connectivity index (χ1v) is 9.51. The summed E-state index contributed by atoms with van der Waals surface area (Å²) in [6, 6.07) is -0.843. The largest absolute Gasteiger partial charge is 0.465 e. The van der Waals surface area contributed by atoms with Gasteiger partial charge < -0.3 is 34.5 Å². The van der Waals surface area contributed by atoms with Gasteiger partial charge in [0, 0.05) is 39.3 Å². The predicted molar refractivity (Wildman–Crippen MR) is 101 cm³/mol. The van der Waals surface area contributed by atoms with Crippen LogP contribution in [0.5, 0.6) is 0 Å². The van der Waals surface area contributed by atoms with Crippen molar-refractivity contribution in [2.75, 3.05) is 45.9 Å². The van der Waals surface area contributed by atoms with Gasteiger partial charge in [-0.05, 0) is 20.6 Å². The Morgan fingerprint density at radius 3 is 2.43 bits per heavy atom. The van der Waals surface area contributed by atoms with Crippen LogP contribution in [0.4, 0.5) is 4.79 Å². The maximum absolute atomic E-state index is 11.4. The molecular formula is C15H28B2N4O7. The Kier molecular flexibility index (Phi) is 8.25. The number of carbonyl (C=O) groups excluding carboxylic acids is 3. The molecule has 3 N–H and O–H groups in total. The first-order chi connectivity index (χ1) is 13.2. The Labute approximate surface area is 165 Å². The van der Waals surface area contributed by atoms with Crippen LogP contribution in [0.1, 0.15) is 6.92 Å². The lowest BCUT2D eigenvalue weighted by atomic mass is 9.83. The molecule has 2 atom stereocenters. The lowest BCUT2D eigenvalue weighted by Crippen LogP contribution is -2.58. The van der Waals surface area contributed by atoms with Gasteiger partial charge in [-0.2, -0.15) is 0 Å². The maximum Gasteiger partial charge on any atom is 0.418 e. The van der Waals surface area contributed by atoms with Crippen molar-refractivity contribution in [1.82, 2.24) is 19.8 Å². The van der Waals surface area contributed by atoms with Crippen LogP contribution in [-0.2, 0) is 19.1 Å². The lowest BCUT2D eigenvalue weighted by molar-refractivity contribution is -0.146. The van der Waals surface area contributed by atoms with Crippen molar-refractivity contribution >= 4 is 32.1 Å². The normalized spacial score (nSPS) is 25.4. The summed E-state index contributed by atoms with van der Waals surface area (Å²) in [6.45, 7) is 8.83. The van der Waals surface area contributed by atoms with Gasteiger partial charge in [0.05, 0.1) is 6.61 Å². The van der Waals surface area contributed by atoms with Gasteiger partial charge in [0.25, 0.3) is 0 Å². The van der Waals surface area contributed by atoms with Crippen molar-refractivity contribution in [2.45, 2.75) is 32.7 Å². The number of nitrogens with zero attached hydrogens (tertiary/aromatic N) is 3. The van der Waals surface area contributed by atoms with Gasteiger partial charge in [-0.3, -0.25) is 9.69 Å². The van der Waals surface area contributed by atoms with E-state index in [1.54, 1.807) is 25.4 Å². The van der Waals surface area contributed by atoms with E-state index in [2.05, 4.69) is 10.1 Å². The molecule has 1 amide bonds. The molecule has 0 bridgehead atoms. The molecule has 0 spiro atoms. The molecule has 3 aliphatic heterocycles. The first kappa shape index (κ1) is 22.6. The van der Waals surface area contributed by atoms with Crippen molar-refractivity contribution in [3.05, 3.63) is 0 Å². The van der Waals surface area contributed by atoms with E-state index in [-0.39, 0.29) is 12.0 Å². The SMILES string of the molecule is CB(O)N1CCN2C(=O)OC(=O)[C@H]2C1.CCOC(=O)[C@H]1CN(B(C)O)CCN1. The number of piperazine rings is 2. The monoisotopic (exact) mass is 398 g/mol. The van der Waals surface area contributed by atoms with Crippen molar-refractivity contribution in [2.24, 2.45) is 0 Å². The molecule has 0 aliphatic carbocycles. The minimum atomic E-state index is -0.597. The summed E-state index contributed by atoms with van der Waals surface area (Å²) < 4.78 is 9.38. The molecule has 11 nitrogen and oxygen atoms in total. The van der Waals surface area contributed by atoms with E-state index >= 15 is 0 Å². The van der Waals surface area contributed by atoms with Gasteiger partial charge in [-0.25, -0.2) is 9.59 Å². The topological polar surface area (TPSA) is 132 Å². The third-order valence-corrected chi connectivity index (χ3v) is 4.94. The molecule has 3 rings (SSSR count). The molecule has 28 heavy (non-hydrogen) atoms.